The van der Waals surface area contributed by atoms with Gasteiger partial charge in [0.25, 0.3) is 0 Å². The highest BCUT2D eigenvalue weighted by atomic mass is 31.2. The third kappa shape index (κ3) is 8.31. The van der Waals surface area contributed by atoms with Gasteiger partial charge < -0.3 is 19.8 Å². The average Bonchev–Trinajstić information content (AvgIpc) is 2.81. The van der Waals surface area contributed by atoms with Crippen LogP contribution in [-0.4, -0.2) is 34.6 Å². The van der Waals surface area contributed by atoms with Gasteiger partial charge >= 0.3 is 7.60 Å². The minimum atomic E-state index is -3.93. The molecule has 0 atom stereocenters. The second kappa shape index (κ2) is 12.5. The van der Waals surface area contributed by atoms with Crippen LogP contribution in [0.3, 0.4) is 0 Å². The smallest absolute Gasteiger partial charge is 0.325 e. The summed E-state index contributed by atoms with van der Waals surface area (Å²) >= 11 is 0. The van der Waals surface area contributed by atoms with Crippen LogP contribution in [0, 0.1) is 11.8 Å². The van der Waals surface area contributed by atoms with Crippen molar-refractivity contribution in [3.05, 3.63) is 71.4 Å². The predicted molar refractivity (Wildman–Crippen MR) is 132 cm³/mol. The highest BCUT2D eigenvalue weighted by Crippen LogP contribution is 2.34. The van der Waals surface area contributed by atoms with Crippen LogP contribution in [0.25, 0.3) is 10.9 Å². The van der Waals surface area contributed by atoms with Crippen LogP contribution in [0.2, 0.25) is 0 Å². The van der Waals surface area contributed by atoms with Gasteiger partial charge in [0.2, 0.25) is 0 Å². The molecular formula is C26H31N2O4P. The Bertz CT molecular complexity index is 1160. The molecule has 3 rings (SSSR count). The lowest BCUT2D eigenvalue weighted by molar-refractivity contribution is 0.371. The largest absolute Gasteiger partial charge is 0.497 e. The predicted octanol–water partition coefficient (Wildman–Crippen LogP) is 4.67. The molecule has 7 heteroatoms. The minimum Gasteiger partial charge on any atom is -0.497 e. The second-order valence-electron chi connectivity index (χ2n) is 7.95. The van der Waals surface area contributed by atoms with Crippen LogP contribution in [-0.2, 0) is 17.5 Å². The number of hydrogen-bond donors (Lipinski definition) is 3. The lowest BCUT2D eigenvalue weighted by Crippen LogP contribution is -2.16. The van der Waals surface area contributed by atoms with E-state index in [1.54, 1.807) is 13.3 Å². The van der Waals surface area contributed by atoms with E-state index in [9.17, 15) is 4.57 Å². The summed E-state index contributed by atoms with van der Waals surface area (Å²) in [6.45, 7) is 1.13. The number of nitrogens with one attached hydrogen (secondary N) is 1. The summed E-state index contributed by atoms with van der Waals surface area (Å²) in [5, 5.41) is 4.27. The van der Waals surface area contributed by atoms with Gasteiger partial charge in [0.05, 0.1) is 18.8 Å². The molecule has 1 aromatic heterocycles. The molecule has 3 aromatic rings. The molecule has 2 aromatic carbocycles. The second-order valence-corrected chi connectivity index (χ2v) is 9.73. The van der Waals surface area contributed by atoms with Crippen molar-refractivity contribution in [1.29, 1.82) is 0 Å². The number of rotatable bonds is 11. The molecule has 0 radical (unpaired) electrons. The van der Waals surface area contributed by atoms with Gasteiger partial charge in [0.15, 0.2) is 0 Å². The van der Waals surface area contributed by atoms with E-state index < -0.39 is 7.60 Å². The first kappa shape index (κ1) is 25.0. The molecule has 0 bridgehead atoms. The van der Waals surface area contributed by atoms with Crippen LogP contribution in [0.1, 0.15) is 42.4 Å². The van der Waals surface area contributed by atoms with Gasteiger partial charge in [-0.3, -0.25) is 9.55 Å². The van der Waals surface area contributed by atoms with Gasteiger partial charge in [0, 0.05) is 30.1 Å². The number of unbranched alkanes of at least 4 members (excludes halogenated alkanes) is 2. The first-order valence-corrected chi connectivity index (χ1v) is 13.0. The highest BCUT2D eigenvalue weighted by molar-refractivity contribution is 7.51. The zero-order valence-electron chi connectivity index (χ0n) is 19.0. The Morgan fingerprint density at radius 3 is 2.79 bits per heavy atom. The van der Waals surface area contributed by atoms with E-state index in [4.69, 9.17) is 14.5 Å². The van der Waals surface area contributed by atoms with E-state index in [-0.39, 0.29) is 6.16 Å². The number of aryl methyl sites for hydroxylation is 1. The number of nitrogens with zero attached hydrogens (tertiary/aromatic N) is 1. The number of fused-ring (bicyclic) bond motifs is 1. The van der Waals surface area contributed by atoms with Crippen molar-refractivity contribution >= 4 is 18.5 Å². The Morgan fingerprint density at radius 2 is 1.97 bits per heavy atom. The van der Waals surface area contributed by atoms with Crippen molar-refractivity contribution < 1.29 is 19.1 Å². The van der Waals surface area contributed by atoms with Crippen molar-refractivity contribution in [3.8, 4) is 17.6 Å². The van der Waals surface area contributed by atoms with Crippen molar-refractivity contribution in [2.75, 3.05) is 19.8 Å². The zero-order chi connectivity index (χ0) is 23.5. The maximum Gasteiger partial charge on any atom is 0.325 e. The van der Waals surface area contributed by atoms with E-state index in [1.165, 1.54) is 5.56 Å². The first-order chi connectivity index (χ1) is 16.0. The zero-order valence-corrected chi connectivity index (χ0v) is 19.9. The normalized spacial score (nSPS) is 11.2. The van der Waals surface area contributed by atoms with Crippen LogP contribution in [0.4, 0.5) is 0 Å². The molecule has 0 aliphatic rings. The van der Waals surface area contributed by atoms with Gasteiger partial charge in [-0.2, -0.15) is 0 Å². The summed E-state index contributed by atoms with van der Waals surface area (Å²) in [6, 6.07) is 16.2. The van der Waals surface area contributed by atoms with E-state index >= 15 is 0 Å². The van der Waals surface area contributed by atoms with Crippen molar-refractivity contribution in [1.82, 2.24) is 10.3 Å². The lowest BCUT2D eigenvalue weighted by Gasteiger charge is -2.09. The summed E-state index contributed by atoms with van der Waals surface area (Å²) in [4.78, 5) is 22.4. The van der Waals surface area contributed by atoms with Gasteiger partial charge in [-0.1, -0.05) is 36.1 Å². The molecule has 0 unspecified atom stereocenters. The number of methoxy groups -OCH3 is 1. The minimum absolute atomic E-state index is 0.104. The first-order valence-electron chi connectivity index (χ1n) is 11.2. The maximum absolute atomic E-state index is 10.9. The molecule has 0 saturated carbocycles. The highest BCUT2D eigenvalue weighted by Gasteiger charge is 2.11. The van der Waals surface area contributed by atoms with Gasteiger partial charge in [-0.15, -0.1) is 0 Å². The molecule has 0 saturated heterocycles. The fraction of sp³-hybridized carbons (Fsp3) is 0.346. The fourth-order valence-corrected chi connectivity index (χ4v) is 4.21. The van der Waals surface area contributed by atoms with Gasteiger partial charge in [0.1, 0.15) is 5.75 Å². The molecule has 0 aliphatic heterocycles. The summed E-state index contributed by atoms with van der Waals surface area (Å²) in [5.41, 5.74) is 4.21. The molecular weight excluding hydrogens is 435 g/mol. The fourth-order valence-electron chi connectivity index (χ4n) is 3.64. The van der Waals surface area contributed by atoms with E-state index in [1.807, 2.05) is 36.4 Å². The Labute approximate surface area is 195 Å². The SMILES string of the molecule is COc1cccc(CCCCC#Cc2ccc(CNCCCP(=O)(O)O)c3ncccc23)c1. The quantitative estimate of drug-likeness (QED) is 0.216. The maximum atomic E-state index is 10.9. The average molecular weight is 467 g/mol. The van der Waals surface area contributed by atoms with Crippen molar-refractivity contribution in [3.63, 3.8) is 0 Å². The Kier molecular flexibility index (Phi) is 9.47. The van der Waals surface area contributed by atoms with Crippen LogP contribution >= 0.6 is 7.60 Å². The lowest BCUT2D eigenvalue weighted by atomic mass is 10.0. The van der Waals surface area contributed by atoms with Crippen molar-refractivity contribution in [2.45, 2.75) is 38.6 Å². The number of pyridine rings is 1. The van der Waals surface area contributed by atoms with E-state index in [0.29, 0.717) is 19.5 Å². The third-order valence-corrected chi connectivity index (χ3v) is 6.24. The van der Waals surface area contributed by atoms with Crippen LogP contribution in [0.5, 0.6) is 5.75 Å². The standard InChI is InChI=1S/C26H31N2O4P/c1-32-24-12-6-10-21(19-24)9-4-2-3-5-11-22-14-15-23(26-25(22)13-7-17-28-26)20-27-16-8-18-33(29,30)31/h6-7,10,12-15,17,19,27H,2-4,8-9,16,18,20H2,1H3,(H2,29,30,31). The van der Waals surface area contributed by atoms with Crippen LogP contribution < -0.4 is 10.1 Å². The molecule has 0 fully saturated rings. The number of benzene rings is 2. The van der Waals surface area contributed by atoms with Crippen LogP contribution in [0.15, 0.2) is 54.7 Å². The summed E-state index contributed by atoms with van der Waals surface area (Å²) < 4.78 is 16.2. The number of ether oxygens (including phenoxy) is 1. The Morgan fingerprint density at radius 1 is 1.09 bits per heavy atom. The van der Waals surface area contributed by atoms with Gasteiger partial charge in [-0.05, 0) is 67.6 Å². The summed E-state index contributed by atoms with van der Waals surface area (Å²) in [5.74, 6) is 7.51. The monoisotopic (exact) mass is 466 g/mol. The molecule has 33 heavy (non-hydrogen) atoms. The molecule has 1 heterocycles. The topological polar surface area (TPSA) is 91.7 Å². The molecule has 6 nitrogen and oxygen atoms in total. The van der Waals surface area contributed by atoms with Gasteiger partial charge in [-0.25, -0.2) is 0 Å². The molecule has 0 aliphatic carbocycles. The van der Waals surface area contributed by atoms with Crippen molar-refractivity contribution in [2.24, 2.45) is 0 Å². The molecule has 3 N–H and O–H groups in total. The molecule has 0 spiro atoms. The Hall–Kier alpha value is -2.68. The summed E-state index contributed by atoms with van der Waals surface area (Å²) in [7, 11) is -2.25. The Balaban J connectivity index is 1.53. The summed E-state index contributed by atoms with van der Waals surface area (Å²) in [6.07, 6.45) is 6.07. The number of aromatic nitrogens is 1. The molecule has 0 amide bonds. The van der Waals surface area contributed by atoms with E-state index in [0.717, 1.165) is 53.5 Å². The molecule has 174 valence electrons. The van der Waals surface area contributed by atoms with E-state index in [2.05, 4.69) is 34.3 Å². The number of hydrogen-bond acceptors (Lipinski definition) is 4. The third-order valence-electron chi connectivity index (χ3n) is 5.35.